The lowest BCUT2D eigenvalue weighted by molar-refractivity contribution is -0.121. The fourth-order valence-corrected chi connectivity index (χ4v) is 1.34. The Balaban J connectivity index is 2.94. The Kier molecular flexibility index (Phi) is 4.50. The largest absolute Gasteiger partial charge is 0.490 e. The molecule has 7 nitrogen and oxygen atoms in total. The van der Waals surface area contributed by atoms with Gasteiger partial charge in [-0.15, -0.1) is 0 Å². The van der Waals surface area contributed by atoms with E-state index >= 15 is 0 Å². The van der Waals surface area contributed by atoms with E-state index in [-0.39, 0.29) is 5.91 Å². The molecule has 0 saturated heterocycles. The molecule has 0 radical (unpaired) electrons. The molecule has 0 aliphatic heterocycles. The third-order valence-corrected chi connectivity index (χ3v) is 2.24. The van der Waals surface area contributed by atoms with Gasteiger partial charge in [-0.1, -0.05) is 0 Å². The first-order valence-electron chi connectivity index (χ1n) is 5.18. The van der Waals surface area contributed by atoms with E-state index in [1.807, 2.05) is 0 Å². The number of methoxy groups -OCH3 is 1. The van der Waals surface area contributed by atoms with E-state index in [2.05, 4.69) is 25.9 Å². The summed E-state index contributed by atoms with van der Waals surface area (Å²) in [4.78, 5) is 19.5. The smallest absolute Gasteiger partial charge is 0.241 e. The van der Waals surface area contributed by atoms with Crippen molar-refractivity contribution < 1.29 is 9.53 Å². The number of nitrogens with one attached hydrogen (secondary N) is 3. The predicted molar refractivity (Wildman–Crippen MR) is 65.3 cm³/mol. The molecule has 0 aliphatic carbocycles. The molecule has 1 aromatic rings. The number of likely N-dealkylation sites (N-methyl/N-ethyl adjacent to an activating group) is 1. The fraction of sp³-hybridized carbons (Fsp3) is 0.500. The van der Waals surface area contributed by atoms with Crippen LogP contribution in [0.15, 0.2) is 6.33 Å². The summed E-state index contributed by atoms with van der Waals surface area (Å²) >= 11 is 0. The van der Waals surface area contributed by atoms with Gasteiger partial charge in [-0.25, -0.2) is 9.97 Å². The van der Waals surface area contributed by atoms with E-state index in [0.717, 1.165) is 0 Å². The van der Waals surface area contributed by atoms with E-state index in [9.17, 15) is 4.79 Å². The fourth-order valence-electron chi connectivity index (χ4n) is 1.34. The monoisotopic (exact) mass is 239 g/mol. The third kappa shape index (κ3) is 2.96. The van der Waals surface area contributed by atoms with Crippen LogP contribution in [0.3, 0.4) is 0 Å². The molecule has 0 saturated carbocycles. The van der Waals surface area contributed by atoms with Crippen LogP contribution in [0.1, 0.15) is 6.92 Å². The van der Waals surface area contributed by atoms with Crippen molar-refractivity contribution in [2.24, 2.45) is 0 Å². The zero-order chi connectivity index (χ0) is 12.8. The number of amides is 1. The lowest BCUT2D eigenvalue weighted by Gasteiger charge is -2.16. The first kappa shape index (κ1) is 13.0. The van der Waals surface area contributed by atoms with Crippen molar-refractivity contribution in [1.82, 2.24) is 15.3 Å². The molecule has 1 heterocycles. The third-order valence-electron chi connectivity index (χ3n) is 2.24. The van der Waals surface area contributed by atoms with E-state index in [1.54, 1.807) is 21.0 Å². The van der Waals surface area contributed by atoms with Gasteiger partial charge < -0.3 is 20.7 Å². The molecule has 1 amide bonds. The topological polar surface area (TPSA) is 88.2 Å². The molecule has 1 unspecified atom stereocenters. The van der Waals surface area contributed by atoms with Crippen molar-refractivity contribution in [3.63, 3.8) is 0 Å². The molecular weight excluding hydrogens is 222 g/mol. The van der Waals surface area contributed by atoms with Gasteiger partial charge in [-0.2, -0.15) is 0 Å². The Morgan fingerprint density at radius 2 is 2.00 bits per heavy atom. The Labute approximate surface area is 100.0 Å². The Bertz CT molecular complexity index is 396. The number of hydrogen-bond acceptors (Lipinski definition) is 6. The second-order valence-electron chi connectivity index (χ2n) is 3.33. The number of hydrogen-bond donors (Lipinski definition) is 3. The van der Waals surface area contributed by atoms with Crippen LogP contribution >= 0.6 is 0 Å². The average molecular weight is 239 g/mol. The minimum atomic E-state index is -0.409. The SMILES string of the molecule is CNC(=O)C(C)Nc1ncnc(NC)c1OC. The number of carbonyl (C=O) groups is 1. The summed E-state index contributed by atoms with van der Waals surface area (Å²) in [6.07, 6.45) is 1.40. The summed E-state index contributed by atoms with van der Waals surface area (Å²) in [7, 11) is 4.84. The Morgan fingerprint density at radius 1 is 1.35 bits per heavy atom. The summed E-state index contributed by atoms with van der Waals surface area (Å²) in [6, 6.07) is -0.409. The van der Waals surface area contributed by atoms with Crippen LogP contribution in [-0.4, -0.2) is 43.1 Å². The lowest BCUT2D eigenvalue weighted by Crippen LogP contribution is -2.35. The van der Waals surface area contributed by atoms with Gasteiger partial charge >= 0.3 is 0 Å². The second-order valence-corrected chi connectivity index (χ2v) is 3.33. The van der Waals surface area contributed by atoms with Crippen LogP contribution in [0.25, 0.3) is 0 Å². The minimum Gasteiger partial charge on any atom is -0.490 e. The van der Waals surface area contributed by atoms with Crippen molar-refractivity contribution in [3.8, 4) is 5.75 Å². The first-order chi connectivity index (χ1) is 8.13. The standard InChI is InChI=1S/C10H17N5O2/c1-6(10(16)12-3)15-9-7(17-4)8(11-2)13-5-14-9/h5-6H,1-4H3,(H,12,16)(H2,11,13,14,15). The highest BCUT2D eigenvalue weighted by Gasteiger charge is 2.16. The summed E-state index contributed by atoms with van der Waals surface area (Å²) < 4.78 is 5.20. The van der Waals surface area contributed by atoms with Gasteiger partial charge in [0.05, 0.1) is 7.11 Å². The van der Waals surface area contributed by atoms with Crippen molar-refractivity contribution in [2.45, 2.75) is 13.0 Å². The quantitative estimate of drug-likeness (QED) is 0.674. The van der Waals surface area contributed by atoms with Crippen LogP contribution < -0.4 is 20.7 Å². The van der Waals surface area contributed by atoms with Crippen molar-refractivity contribution >= 4 is 17.5 Å². The number of aromatic nitrogens is 2. The highest BCUT2D eigenvalue weighted by Crippen LogP contribution is 2.28. The normalized spacial score (nSPS) is 11.5. The number of nitrogens with zero attached hydrogens (tertiary/aromatic N) is 2. The number of anilines is 2. The van der Waals surface area contributed by atoms with Crippen molar-refractivity contribution in [3.05, 3.63) is 6.33 Å². The van der Waals surface area contributed by atoms with Crippen LogP contribution in [0.4, 0.5) is 11.6 Å². The van der Waals surface area contributed by atoms with Gasteiger partial charge in [0.25, 0.3) is 0 Å². The Morgan fingerprint density at radius 3 is 2.53 bits per heavy atom. The molecule has 3 N–H and O–H groups in total. The van der Waals surface area contributed by atoms with E-state index in [1.165, 1.54) is 13.4 Å². The van der Waals surface area contributed by atoms with E-state index < -0.39 is 6.04 Å². The molecule has 0 bridgehead atoms. The first-order valence-corrected chi connectivity index (χ1v) is 5.18. The molecule has 0 fully saturated rings. The predicted octanol–water partition coefficient (Wildman–Crippen LogP) is 0.0733. The number of rotatable bonds is 5. The zero-order valence-electron chi connectivity index (χ0n) is 10.4. The minimum absolute atomic E-state index is 0.128. The van der Waals surface area contributed by atoms with Crippen LogP contribution in [-0.2, 0) is 4.79 Å². The average Bonchev–Trinajstić information content (AvgIpc) is 2.37. The second kappa shape index (κ2) is 5.88. The molecule has 0 spiro atoms. The maximum absolute atomic E-state index is 11.4. The molecule has 1 rings (SSSR count). The van der Waals surface area contributed by atoms with Gasteiger partial charge in [-0.05, 0) is 6.92 Å². The van der Waals surface area contributed by atoms with Crippen LogP contribution in [0, 0.1) is 0 Å². The van der Waals surface area contributed by atoms with Gasteiger partial charge in [0.15, 0.2) is 11.6 Å². The summed E-state index contributed by atoms with van der Waals surface area (Å²) in [6.45, 7) is 1.74. The van der Waals surface area contributed by atoms with Gasteiger partial charge in [0.1, 0.15) is 12.4 Å². The molecular formula is C10H17N5O2. The summed E-state index contributed by atoms with van der Waals surface area (Å²) in [5.41, 5.74) is 0. The molecule has 1 atom stereocenters. The summed E-state index contributed by atoms with van der Waals surface area (Å²) in [5, 5.41) is 8.40. The molecule has 1 aromatic heterocycles. The molecule has 0 aromatic carbocycles. The van der Waals surface area contributed by atoms with Gasteiger partial charge in [0.2, 0.25) is 11.7 Å². The van der Waals surface area contributed by atoms with Crippen LogP contribution in [0.2, 0.25) is 0 Å². The van der Waals surface area contributed by atoms with Crippen molar-refractivity contribution in [1.29, 1.82) is 0 Å². The van der Waals surface area contributed by atoms with Crippen molar-refractivity contribution in [2.75, 3.05) is 31.8 Å². The maximum Gasteiger partial charge on any atom is 0.241 e. The zero-order valence-corrected chi connectivity index (χ0v) is 10.4. The molecule has 94 valence electrons. The highest BCUT2D eigenvalue weighted by atomic mass is 16.5. The van der Waals surface area contributed by atoms with Gasteiger partial charge in [-0.3, -0.25) is 4.79 Å². The van der Waals surface area contributed by atoms with E-state index in [4.69, 9.17) is 4.74 Å². The van der Waals surface area contributed by atoms with Gasteiger partial charge in [0, 0.05) is 14.1 Å². The summed E-state index contributed by atoms with van der Waals surface area (Å²) in [5.74, 6) is 1.39. The van der Waals surface area contributed by atoms with E-state index in [0.29, 0.717) is 17.4 Å². The maximum atomic E-state index is 11.4. The molecule has 7 heteroatoms. The molecule has 17 heavy (non-hydrogen) atoms. The lowest BCUT2D eigenvalue weighted by atomic mass is 10.3. The number of carbonyl (C=O) groups excluding carboxylic acids is 1. The Hall–Kier alpha value is -2.05. The number of ether oxygens (including phenoxy) is 1. The highest BCUT2D eigenvalue weighted by molar-refractivity contribution is 5.84. The van der Waals surface area contributed by atoms with Crippen LogP contribution in [0.5, 0.6) is 5.75 Å². The molecule has 0 aliphatic rings.